The number of alkyl halides is 3. The lowest BCUT2D eigenvalue weighted by atomic mass is 9.98. The van der Waals surface area contributed by atoms with Crippen LogP contribution >= 0.6 is 0 Å². The van der Waals surface area contributed by atoms with E-state index < -0.39 is 23.5 Å². The largest absolute Gasteiger partial charge is 0.489 e. The van der Waals surface area contributed by atoms with E-state index in [1.54, 1.807) is 24.3 Å². The number of aromatic nitrogens is 1. The molecule has 4 rings (SSSR count). The van der Waals surface area contributed by atoms with Crippen molar-refractivity contribution in [1.82, 2.24) is 4.57 Å². The molecule has 1 heterocycles. The van der Waals surface area contributed by atoms with E-state index in [9.17, 15) is 27.2 Å². The van der Waals surface area contributed by atoms with E-state index in [1.165, 1.54) is 41.1 Å². The number of nitrogens with zero attached hydrogens (tertiary/aromatic N) is 1. The third-order valence-corrected chi connectivity index (χ3v) is 5.44. The Labute approximate surface area is 197 Å². The second-order valence-corrected chi connectivity index (χ2v) is 7.84. The van der Waals surface area contributed by atoms with Crippen LogP contribution in [0.3, 0.4) is 0 Å². The molecule has 9 heteroatoms. The van der Waals surface area contributed by atoms with Crippen LogP contribution in [-0.2, 0) is 17.6 Å². The SMILES string of the molecule is O=C(O)CCC(=O)n1ccc2cc(COc3ccc(-c4ccccc4F)c(C(F)(F)F)c3)ccc21. The molecule has 0 saturated heterocycles. The maximum Gasteiger partial charge on any atom is 0.417 e. The molecule has 0 bridgehead atoms. The molecule has 1 N–H and O–H groups in total. The first-order valence-corrected chi connectivity index (χ1v) is 10.6. The molecule has 0 amide bonds. The quantitative estimate of drug-likeness (QED) is 0.302. The van der Waals surface area contributed by atoms with Crippen molar-refractivity contribution in [3.63, 3.8) is 0 Å². The minimum atomic E-state index is -4.72. The number of rotatable bonds is 7. The molecule has 3 aromatic carbocycles. The number of hydrogen-bond acceptors (Lipinski definition) is 3. The maximum atomic E-state index is 14.1. The Balaban J connectivity index is 1.54. The molecule has 0 aliphatic heterocycles. The number of fused-ring (bicyclic) bond motifs is 1. The van der Waals surface area contributed by atoms with Crippen LogP contribution in [0.5, 0.6) is 5.75 Å². The molecule has 0 radical (unpaired) electrons. The fourth-order valence-corrected chi connectivity index (χ4v) is 3.76. The van der Waals surface area contributed by atoms with E-state index in [1.807, 2.05) is 0 Å². The summed E-state index contributed by atoms with van der Waals surface area (Å²) in [7, 11) is 0. The lowest BCUT2D eigenvalue weighted by Gasteiger charge is -2.16. The number of ether oxygens (including phenoxy) is 1. The van der Waals surface area contributed by atoms with Crippen LogP contribution in [0.4, 0.5) is 17.6 Å². The molecule has 0 aliphatic carbocycles. The van der Waals surface area contributed by atoms with Gasteiger partial charge in [-0.05, 0) is 53.6 Å². The van der Waals surface area contributed by atoms with Gasteiger partial charge in [0.2, 0.25) is 5.91 Å². The smallest absolute Gasteiger partial charge is 0.417 e. The number of benzene rings is 3. The van der Waals surface area contributed by atoms with Crippen molar-refractivity contribution in [3.8, 4) is 16.9 Å². The highest BCUT2D eigenvalue weighted by molar-refractivity contribution is 5.93. The molecular weight excluding hydrogens is 466 g/mol. The van der Waals surface area contributed by atoms with Gasteiger partial charge >= 0.3 is 12.1 Å². The second-order valence-electron chi connectivity index (χ2n) is 7.84. The Morgan fingerprint density at radius 2 is 1.69 bits per heavy atom. The monoisotopic (exact) mass is 485 g/mol. The van der Waals surface area contributed by atoms with Gasteiger partial charge in [-0.3, -0.25) is 14.2 Å². The summed E-state index contributed by atoms with van der Waals surface area (Å²) < 4.78 is 62.2. The van der Waals surface area contributed by atoms with Crippen LogP contribution in [0.25, 0.3) is 22.0 Å². The van der Waals surface area contributed by atoms with Crippen LogP contribution in [-0.4, -0.2) is 21.6 Å². The molecule has 0 saturated carbocycles. The van der Waals surface area contributed by atoms with Gasteiger partial charge in [-0.2, -0.15) is 13.2 Å². The zero-order valence-corrected chi connectivity index (χ0v) is 18.2. The Kier molecular flexibility index (Phi) is 6.59. The Hall–Kier alpha value is -4.14. The van der Waals surface area contributed by atoms with Crippen molar-refractivity contribution in [2.24, 2.45) is 0 Å². The summed E-state index contributed by atoms with van der Waals surface area (Å²) in [6.07, 6.45) is -3.60. The Bertz CT molecular complexity index is 1410. The van der Waals surface area contributed by atoms with Crippen molar-refractivity contribution < 1.29 is 37.0 Å². The highest BCUT2D eigenvalue weighted by Crippen LogP contribution is 2.40. The zero-order chi connectivity index (χ0) is 25.2. The molecule has 0 atom stereocenters. The molecule has 1 aromatic heterocycles. The van der Waals surface area contributed by atoms with Crippen molar-refractivity contribution in [2.45, 2.75) is 25.6 Å². The summed E-state index contributed by atoms with van der Waals surface area (Å²) in [5, 5.41) is 9.45. The first-order valence-electron chi connectivity index (χ1n) is 10.6. The van der Waals surface area contributed by atoms with E-state index in [2.05, 4.69) is 0 Å². The maximum absolute atomic E-state index is 14.1. The summed E-state index contributed by atoms with van der Waals surface area (Å²) >= 11 is 0. The molecule has 0 aliphatic rings. The molecule has 35 heavy (non-hydrogen) atoms. The lowest BCUT2D eigenvalue weighted by Crippen LogP contribution is -2.11. The summed E-state index contributed by atoms with van der Waals surface area (Å²) in [6, 6.07) is 15.4. The number of hydrogen-bond donors (Lipinski definition) is 1. The molecule has 180 valence electrons. The third kappa shape index (κ3) is 5.34. The summed E-state index contributed by atoms with van der Waals surface area (Å²) in [6.45, 7) is -0.0373. The average molecular weight is 485 g/mol. The number of aliphatic carboxylic acids is 1. The van der Waals surface area contributed by atoms with Gasteiger partial charge in [0.25, 0.3) is 0 Å². The van der Waals surface area contributed by atoms with Crippen LogP contribution in [0.2, 0.25) is 0 Å². The van der Waals surface area contributed by atoms with Gasteiger partial charge in [0.05, 0.1) is 17.5 Å². The number of carbonyl (C=O) groups is 2. The van der Waals surface area contributed by atoms with Gasteiger partial charge in [-0.1, -0.05) is 24.3 Å². The van der Waals surface area contributed by atoms with Crippen molar-refractivity contribution in [3.05, 3.63) is 89.9 Å². The number of carboxylic acids is 1. The lowest BCUT2D eigenvalue weighted by molar-refractivity contribution is -0.138. The molecule has 5 nitrogen and oxygen atoms in total. The van der Waals surface area contributed by atoms with E-state index in [-0.39, 0.29) is 42.2 Å². The number of carboxylic acid groups (broad SMARTS) is 1. The molecule has 0 spiro atoms. The van der Waals surface area contributed by atoms with Gasteiger partial charge in [0, 0.05) is 23.6 Å². The van der Waals surface area contributed by atoms with Gasteiger partial charge < -0.3 is 9.84 Å². The minimum Gasteiger partial charge on any atom is -0.489 e. The molecular formula is C26H19F4NO4. The van der Waals surface area contributed by atoms with E-state index in [0.29, 0.717) is 16.5 Å². The first kappa shape index (κ1) is 24.0. The topological polar surface area (TPSA) is 68.5 Å². The fraction of sp³-hybridized carbons (Fsp3) is 0.154. The number of halogens is 4. The van der Waals surface area contributed by atoms with Crippen molar-refractivity contribution in [1.29, 1.82) is 0 Å². The Morgan fingerprint density at radius 1 is 0.914 bits per heavy atom. The normalized spacial score (nSPS) is 11.5. The second kappa shape index (κ2) is 9.61. The van der Waals surface area contributed by atoms with Crippen LogP contribution in [0, 0.1) is 5.82 Å². The van der Waals surface area contributed by atoms with Crippen LogP contribution in [0.15, 0.2) is 72.9 Å². The molecule has 0 fully saturated rings. The van der Waals surface area contributed by atoms with Crippen LogP contribution < -0.4 is 4.74 Å². The predicted molar refractivity (Wildman–Crippen MR) is 121 cm³/mol. The van der Waals surface area contributed by atoms with Crippen molar-refractivity contribution >= 4 is 22.8 Å². The average Bonchev–Trinajstić information content (AvgIpc) is 3.24. The minimum absolute atomic E-state index is 0.0288. The summed E-state index contributed by atoms with van der Waals surface area (Å²) in [5.74, 6) is -2.21. The van der Waals surface area contributed by atoms with Gasteiger partial charge in [-0.25, -0.2) is 4.39 Å². The van der Waals surface area contributed by atoms with E-state index in [0.717, 1.165) is 12.1 Å². The van der Waals surface area contributed by atoms with E-state index >= 15 is 0 Å². The highest BCUT2D eigenvalue weighted by atomic mass is 19.4. The number of carbonyl (C=O) groups excluding carboxylic acids is 1. The van der Waals surface area contributed by atoms with Gasteiger partial charge in [-0.15, -0.1) is 0 Å². The van der Waals surface area contributed by atoms with Crippen LogP contribution in [0.1, 0.15) is 28.8 Å². The van der Waals surface area contributed by atoms with Gasteiger partial charge in [0.15, 0.2) is 0 Å². The predicted octanol–water partition coefficient (Wildman–Crippen LogP) is 6.55. The summed E-state index contributed by atoms with van der Waals surface area (Å²) in [4.78, 5) is 22.9. The third-order valence-electron chi connectivity index (χ3n) is 5.44. The van der Waals surface area contributed by atoms with E-state index in [4.69, 9.17) is 9.84 Å². The van der Waals surface area contributed by atoms with Crippen molar-refractivity contribution in [2.75, 3.05) is 0 Å². The molecule has 0 unspecified atom stereocenters. The Morgan fingerprint density at radius 3 is 2.40 bits per heavy atom. The molecule has 4 aromatic rings. The van der Waals surface area contributed by atoms with Gasteiger partial charge in [0.1, 0.15) is 18.2 Å². The summed E-state index contributed by atoms with van der Waals surface area (Å²) in [5.41, 5.74) is -0.206. The zero-order valence-electron chi connectivity index (χ0n) is 18.2. The first-order chi connectivity index (χ1) is 16.6. The highest BCUT2D eigenvalue weighted by Gasteiger charge is 2.34. The standard InChI is InChI=1S/C26H19F4NO4/c27-22-4-2-1-3-20(22)19-7-6-18(14-21(19)26(28,29)30)35-15-16-5-8-23-17(13-16)11-12-31(23)24(32)9-10-25(33)34/h1-8,11-14H,9-10,15H2,(H,33,34). The fourth-order valence-electron chi connectivity index (χ4n) is 3.76.